The first-order valence-electron chi connectivity index (χ1n) is 6.44. The lowest BCUT2D eigenvalue weighted by Crippen LogP contribution is -2.52. The number of nitrogens with one attached hydrogen (secondary N) is 2. The molecule has 0 spiro atoms. The van der Waals surface area contributed by atoms with Gasteiger partial charge in [-0.15, -0.1) is 0 Å². The van der Waals surface area contributed by atoms with Crippen molar-refractivity contribution in [1.29, 1.82) is 0 Å². The molecule has 110 valence electrons. The molecule has 20 heavy (non-hydrogen) atoms. The summed E-state index contributed by atoms with van der Waals surface area (Å²) in [4.78, 5) is 37.9. The van der Waals surface area contributed by atoms with Crippen molar-refractivity contribution in [2.75, 3.05) is 7.11 Å². The number of aromatic nitrogens is 1. The van der Waals surface area contributed by atoms with Crippen LogP contribution in [-0.4, -0.2) is 35.3 Å². The number of esters is 1. The molecule has 1 heterocycles. The number of carbonyl (C=O) groups is 3. The Morgan fingerprint density at radius 2 is 2.05 bits per heavy atom. The second-order valence-corrected chi connectivity index (χ2v) is 4.89. The summed E-state index contributed by atoms with van der Waals surface area (Å²) in [5, 5.41) is 2.66. The second kappa shape index (κ2) is 6.36. The number of H-pyrrole nitrogens is 1. The number of carbonyl (C=O) groups excluding carboxylic acids is 3. The molecule has 1 amide bonds. The third kappa shape index (κ3) is 3.46. The van der Waals surface area contributed by atoms with Crippen LogP contribution in [0.2, 0.25) is 0 Å². The molecule has 1 rings (SSSR count). The van der Waals surface area contributed by atoms with Gasteiger partial charge in [0.05, 0.1) is 7.11 Å². The van der Waals surface area contributed by atoms with Crippen LogP contribution in [0.15, 0.2) is 12.3 Å². The Kier molecular flexibility index (Phi) is 5.07. The van der Waals surface area contributed by atoms with Crippen LogP contribution in [0.25, 0.3) is 0 Å². The molecule has 0 aromatic carbocycles. The van der Waals surface area contributed by atoms with E-state index in [0.29, 0.717) is 12.0 Å². The van der Waals surface area contributed by atoms with Gasteiger partial charge in [0.15, 0.2) is 5.78 Å². The van der Waals surface area contributed by atoms with Gasteiger partial charge in [0.2, 0.25) is 0 Å². The highest BCUT2D eigenvalue weighted by Crippen LogP contribution is 2.15. The first-order valence-corrected chi connectivity index (χ1v) is 6.44. The van der Waals surface area contributed by atoms with Crippen molar-refractivity contribution in [2.24, 2.45) is 0 Å². The van der Waals surface area contributed by atoms with Crippen molar-refractivity contribution >= 4 is 17.7 Å². The summed E-state index contributed by atoms with van der Waals surface area (Å²) in [5.74, 6) is -1.07. The van der Waals surface area contributed by atoms with Crippen LogP contribution in [-0.2, 0) is 9.53 Å². The van der Waals surface area contributed by atoms with Crippen LogP contribution in [0.4, 0.5) is 0 Å². The van der Waals surface area contributed by atoms with E-state index in [1.807, 2.05) is 6.92 Å². The predicted molar refractivity (Wildman–Crippen MR) is 73.6 cm³/mol. The molecule has 2 N–H and O–H groups in total. The SMILES string of the molecule is CCCC(C)(NC(=O)c1cc(C(C)=O)c[nH]1)C(=O)OC. The van der Waals surface area contributed by atoms with Crippen LogP contribution in [0.3, 0.4) is 0 Å². The molecule has 1 atom stereocenters. The molecule has 0 saturated heterocycles. The molecule has 0 aliphatic rings. The summed E-state index contributed by atoms with van der Waals surface area (Å²) in [6.45, 7) is 4.95. The van der Waals surface area contributed by atoms with Gasteiger partial charge in [-0.05, 0) is 26.3 Å². The minimum absolute atomic E-state index is 0.135. The Hall–Kier alpha value is -2.11. The van der Waals surface area contributed by atoms with Gasteiger partial charge >= 0.3 is 5.97 Å². The molecular formula is C14H20N2O4. The summed E-state index contributed by atoms with van der Waals surface area (Å²) < 4.78 is 4.73. The summed E-state index contributed by atoms with van der Waals surface area (Å²) >= 11 is 0. The van der Waals surface area contributed by atoms with Crippen LogP contribution in [0.5, 0.6) is 0 Å². The zero-order valence-corrected chi connectivity index (χ0v) is 12.2. The fourth-order valence-electron chi connectivity index (χ4n) is 1.99. The lowest BCUT2D eigenvalue weighted by Gasteiger charge is -2.27. The highest BCUT2D eigenvalue weighted by Gasteiger charge is 2.35. The molecule has 0 aliphatic carbocycles. The van der Waals surface area contributed by atoms with Crippen LogP contribution >= 0.6 is 0 Å². The number of ether oxygens (including phenoxy) is 1. The zero-order valence-electron chi connectivity index (χ0n) is 12.2. The number of amides is 1. The Labute approximate surface area is 117 Å². The van der Waals surface area contributed by atoms with Crippen LogP contribution < -0.4 is 5.32 Å². The Morgan fingerprint density at radius 3 is 2.50 bits per heavy atom. The smallest absolute Gasteiger partial charge is 0.331 e. The first-order chi connectivity index (χ1) is 9.34. The van der Waals surface area contributed by atoms with Gasteiger partial charge in [-0.25, -0.2) is 4.79 Å². The van der Waals surface area contributed by atoms with E-state index in [1.54, 1.807) is 6.92 Å². The molecule has 1 aromatic heterocycles. The number of rotatable bonds is 6. The molecule has 1 aromatic rings. The topological polar surface area (TPSA) is 88.3 Å². The van der Waals surface area contributed by atoms with Gasteiger partial charge in [0.25, 0.3) is 5.91 Å². The van der Waals surface area contributed by atoms with Crippen molar-refractivity contribution in [2.45, 2.75) is 39.2 Å². The molecule has 6 nitrogen and oxygen atoms in total. The van der Waals surface area contributed by atoms with E-state index in [2.05, 4.69) is 10.3 Å². The number of Topliss-reactive ketones (excluding diaryl/α,β-unsaturated/α-hetero) is 1. The summed E-state index contributed by atoms with van der Waals surface area (Å²) in [6, 6.07) is 1.46. The Morgan fingerprint density at radius 1 is 1.40 bits per heavy atom. The molecule has 6 heteroatoms. The zero-order chi connectivity index (χ0) is 15.3. The van der Waals surface area contributed by atoms with E-state index in [0.717, 1.165) is 6.42 Å². The third-order valence-electron chi connectivity index (χ3n) is 3.11. The monoisotopic (exact) mass is 280 g/mol. The van der Waals surface area contributed by atoms with Gasteiger partial charge in [0, 0.05) is 11.8 Å². The molecule has 1 unspecified atom stereocenters. The lowest BCUT2D eigenvalue weighted by molar-refractivity contribution is -0.147. The largest absolute Gasteiger partial charge is 0.467 e. The average Bonchev–Trinajstić information content (AvgIpc) is 2.87. The normalized spacial score (nSPS) is 13.4. The van der Waals surface area contributed by atoms with Gasteiger partial charge in [-0.1, -0.05) is 13.3 Å². The third-order valence-corrected chi connectivity index (χ3v) is 3.11. The summed E-state index contributed by atoms with van der Waals surface area (Å²) in [6.07, 6.45) is 2.65. The molecule has 0 saturated carbocycles. The molecule has 0 fully saturated rings. The lowest BCUT2D eigenvalue weighted by atomic mass is 9.96. The number of ketones is 1. The molecule has 0 radical (unpaired) electrons. The van der Waals surface area contributed by atoms with Gasteiger partial charge in [-0.3, -0.25) is 9.59 Å². The summed E-state index contributed by atoms with van der Waals surface area (Å²) in [7, 11) is 1.28. The van der Waals surface area contributed by atoms with Crippen molar-refractivity contribution in [3.8, 4) is 0 Å². The highest BCUT2D eigenvalue weighted by molar-refractivity contribution is 6.00. The standard InChI is InChI=1S/C14H20N2O4/c1-5-6-14(3,13(19)20-4)16-12(18)11-7-10(8-15-11)9(2)17/h7-8,15H,5-6H2,1-4H3,(H,16,18). The molecular weight excluding hydrogens is 260 g/mol. The van der Waals surface area contributed by atoms with E-state index in [9.17, 15) is 14.4 Å². The maximum atomic E-state index is 12.1. The number of methoxy groups -OCH3 is 1. The minimum Gasteiger partial charge on any atom is -0.467 e. The average molecular weight is 280 g/mol. The van der Waals surface area contributed by atoms with E-state index in [1.165, 1.54) is 26.3 Å². The molecule has 0 aliphatic heterocycles. The van der Waals surface area contributed by atoms with Crippen molar-refractivity contribution in [3.05, 3.63) is 23.5 Å². The minimum atomic E-state index is -1.08. The van der Waals surface area contributed by atoms with E-state index in [-0.39, 0.29) is 11.5 Å². The Bertz CT molecular complexity index is 521. The van der Waals surface area contributed by atoms with Crippen molar-refractivity contribution in [3.63, 3.8) is 0 Å². The maximum absolute atomic E-state index is 12.1. The fourth-order valence-corrected chi connectivity index (χ4v) is 1.99. The van der Waals surface area contributed by atoms with Crippen molar-refractivity contribution < 1.29 is 19.1 Å². The quantitative estimate of drug-likeness (QED) is 0.613. The Balaban J connectivity index is 2.90. The first kappa shape index (κ1) is 15.9. The second-order valence-electron chi connectivity index (χ2n) is 4.89. The van der Waals surface area contributed by atoms with Gasteiger partial charge in [0.1, 0.15) is 11.2 Å². The van der Waals surface area contributed by atoms with Crippen molar-refractivity contribution in [1.82, 2.24) is 10.3 Å². The molecule has 0 bridgehead atoms. The maximum Gasteiger partial charge on any atom is 0.331 e. The van der Waals surface area contributed by atoms with Crippen LogP contribution in [0, 0.1) is 0 Å². The van der Waals surface area contributed by atoms with Gasteiger partial charge < -0.3 is 15.0 Å². The number of aromatic amines is 1. The summed E-state index contributed by atoms with van der Waals surface area (Å²) in [5.41, 5.74) is -0.422. The van der Waals surface area contributed by atoms with E-state index >= 15 is 0 Å². The number of hydrogen-bond donors (Lipinski definition) is 2. The fraction of sp³-hybridized carbons (Fsp3) is 0.500. The predicted octanol–water partition coefficient (Wildman–Crippen LogP) is 1.68. The van der Waals surface area contributed by atoms with Crippen LogP contribution in [0.1, 0.15) is 54.5 Å². The number of hydrogen-bond acceptors (Lipinski definition) is 4. The van der Waals surface area contributed by atoms with E-state index < -0.39 is 17.4 Å². The van der Waals surface area contributed by atoms with E-state index in [4.69, 9.17) is 4.74 Å². The highest BCUT2D eigenvalue weighted by atomic mass is 16.5. The van der Waals surface area contributed by atoms with Gasteiger partial charge in [-0.2, -0.15) is 0 Å².